The summed E-state index contributed by atoms with van der Waals surface area (Å²) in [6.45, 7) is 7.57. The molecular weight excluding hydrogens is 204 g/mol. The predicted molar refractivity (Wildman–Crippen MR) is 64.3 cm³/mol. The van der Waals surface area contributed by atoms with Crippen molar-refractivity contribution in [3.8, 4) is 0 Å². The summed E-state index contributed by atoms with van der Waals surface area (Å²) in [5, 5.41) is 6.44. The van der Waals surface area contributed by atoms with Gasteiger partial charge in [-0.15, -0.1) is 0 Å². The third kappa shape index (κ3) is 4.94. The molecule has 1 aliphatic heterocycles. The van der Waals surface area contributed by atoms with Gasteiger partial charge in [0.05, 0.1) is 0 Å². The fraction of sp³-hybridized carbons (Fsp3) is 0.917. The zero-order chi connectivity index (χ0) is 11.8. The molecule has 2 N–H and O–H groups in total. The second-order valence-electron chi connectivity index (χ2n) is 4.44. The molecule has 1 rings (SSSR count). The van der Waals surface area contributed by atoms with E-state index in [0.717, 1.165) is 32.5 Å². The van der Waals surface area contributed by atoms with E-state index in [1.54, 1.807) is 0 Å². The first-order valence-corrected chi connectivity index (χ1v) is 6.32. The van der Waals surface area contributed by atoms with Gasteiger partial charge in [-0.1, -0.05) is 6.92 Å². The van der Waals surface area contributed by atoms with Crippen molar-refractivity contribution in [1.29, 1.82) is 0 Å². The van der Waals surface area contributed by atoms with Crippen LogP contribution in [0.4, 0.5) is 0 Å². The van der Waals surface area contributed by atoms with Gasteiger partial charge < -0.3 is 15.4 Å². The van der Waals surface area contributed by atoms with Gasteiger partial charge in [-0.05, 0) is 38.8 Å². The van der Waals surface area contributed by atoms with Crippen molar-refractivity contribution in [2.75, 3.05) is 26.3 Å². The Morgan fingerprint density at radius 2 is 2.38 bits per heavy atom. The first-order valence-electron chi connectivity index (χ1n) is 6.32. The highest BCUT2D eigenvalue weighted by molar-refractivity contribution is 5.76. The van der Waals surface area contributed by atoms with Crippen LogP contribution in [0.3, 0.4) is 0 Å². The minimum atomic E-state index is 0.165. The number of ether oxygens (including phenoxy) is 1. The topological polar surface area (TPSA) is 50.4 Å². The molecule has 2 atom stereocenters. The third-order valence-corrected chi connectivity index (χ3v) is 3.03. The van der Waals surface area contributed by atoms with E-state index in [2.05, 4.69) is 17.6 Å². The van der Waals surface area contributed by atoms with Crippen LogP contribution in [0.1, 0.15) is 33.1 Å². The number of amides is 1. The number of carbonyl (C=O) groups is 1. The SMILES string of the molecule is CCOCCCC(=O)NC1CCNCC1C. The van der Waals surface area contributed by atoms with Crippen LogP contribution in [-0.4, -0.2) is 38.3 Å². The second-order valence-corrected chi connectivity index (χ2v) is 4.44. The molecule has 4 nitrogen and oxygen atoms in total. The van der Waals surface area contributed by atoms with E-state index < -0.39 is 0 Å². The van der Waals surface area contributed by atoms with Gasteiger partial charge in [-0.2, -0.15) is 0 Å². The summed E-state index contributed by atoms with van der Waals surface area (Å²) in [5.74, 6) is 0.697. The van der Waals surface area contributed by atoms with Crippen LogP contribution in [0.25, 0.3) is 0 Å². The highest BCUT2D eigenvalue weighted by Crippen LogP contribution is 2.10. The third-order valence-electron chi connectivity index (χ3n) is 3.03. The first-order chi connectivity index (χ1) is 7.74. The van der Waals surface area contributed by atoms with E-state index >= 15 is 0 Å². The zero-order valence-corrected chi connectivity index (χ0v) is 10.4. The Labute approximate surface area is 98.1 Å². The van der Waals surface area contributed by atoms with Crippen LogP contribution in [0.15, 0.2) is 0 Å². The van der Waals surface area contributed by atoms with E-state index in [4.69, 9.17) is 4.74 Å². The smallest absolute Gasteiger partial charge is 0.220 e. The average Bonchev–Trinajstić information content (AvgIpc) is 2.28. The molecule has 2 unspecified atom stereocenters. The van der Waals surface area contributed by atoms with Crippen molar-refractivity contribution in [3.63, 3.8) is 0 Å². The number of hydrogen-bond acceptors (Lipinski definition) is 3. The molecule has 1 aliphatic rings. The summed E-state index contributed by atoms with van der Waals surface area (Å²) < 4.78 is 5.21. The number of nitrogens with one attached hydrogen (secondary N) is 2. The van der Waals surface area contributed by atoms with E-state index in [-0.39, 0.29) is 5.91 Å². The van der Waals surface area contributed by atoms with Crippen molar-refractivity contribution >= 4 is 5.91 Å². The molecule has 0 bridgehead atoms. The summed E-state index contributed by atoms with van der Waals surface area (Å²) in [7, 11) is 0. The van der Waals surface area contributed by atoms with E-state index in [1.165, 1.54) is 0 Å². The molecule has 0 spiro atoms. The van der Waals surface area contributed by atoms with Crippen LogP contribution in [0, 0.1) is 5.92 Å². The molecule has 0 aliphatic carbocycles. The summed E-state index contributed by atoms with van der Waals surface area (Å²) >= 11 is 0. The van der Waals surface area contributed by atoms with Gasteiger partial charge in [0.25, 0.3) is 0 Å². The normalized spacial score (nSPS) is 25.4. The van der Waals surface area contributed by atoms with Gasteiger partial charge in [0.1, 0.15) is 0 Å². The number of piperidine rings is 1. The van der Waals surface area contributed by atoms with Crippen LogP contribution in [-0.2, 0) is 9.53 Å². The van der Waals surface area contributed by atoms with Crippen molar-refractivity contribution in [2.45, 2.75) is 39.2 Å². The van der Waals surface area contributed by atoms with Gasteiger partial charge in [0, 0.05) is 25.7 Å². The molecule has 4 heteroatoms. The first kappa shape index (κ1) is 13.5. The number of carbonyl (C=O) groups excluding carboxylic acids is 1. The van der Waals surface area contributed by atoms with Gasteiger partial charge in [-0.3, -0.25) is 4.79 Å². The summed E-state index contributed by atoms with van der Waals surface area (Å²) in [6, 6.07) is 0.348. The molecule has 0 aromatic heterocycles. The maximum atomic E-state index is 11.6. The Hall–Kier alpha value is -0.610. The molecule has 1 fully saturated rings. The van der Waals surface area contributed by atoms with Crippen LogP contribution in [0.5, 0.6) is 0 Å². The lowest BCUT2D eigenvalue weighted by Gasteiger charge is -2.30. The van der Waals surface area contributed by atoms with Crippen molar-refractivity contribution in [3.05, 3.63) is 0 Å². The van der Waals surface area contributed by atoms with Crippen molar-refractivity contribution < 1.29 is 9.53 Å². The van der Waals surface area contributed by atoms with Crippen LogP contribution < -0.4 is 10.6 Å². The molecule has 0 saturated carbocycles. The molecule has 1 heterocycles. The van der Waals surface area contributed by atoms with E-state index in [1.807, 2.05) is 6.92 Å². The number of hydrogen-bond donors (Lipinski definition) is 2. The quantitative estimate of drug-likeness (QED) is 0.665. The Morgan fingerprint density at radius 1 is 1.56 bits per heavy atom. The highest BCUT2D eigenvalue weighted by Gasteiger charge is 2.22. The average molecular weight is 228 g/mol. The number of rotatable bonds is 6. The van der Waals surface area contributed by atoms with Gasteiger partial charge in [0.2, 0.25) is 5.91 Å². The van der Waals surface area contributed by atoms with Crippen LogP contribution in [0.2, 0.25) is 0 Å². The highest BCUT2D eigenvalue weighted by atomic mass is 16.5. The molecule has 94 valence electrons. The molecule has 0 aromatic carbocycles. The largest absolute Gasteiger partial charge is 0.382 e. The maximum absolute atomic E-state index is 11.6. The Balaban J connectivity index is 2.12. The van der Waals surface area contributed by atoms with E-state index in [9.17, 15) is 4.79 Å². The Bertz CT molecular complexity index is 209. The maximum Gasteiger partial charge on any atom is 0.220 e. The van der Waals surface area contributed by atoms with Crippen molar-refractivity contribution in [1.82, 2.24) is 10.6 Å². The lowest BCUT2D eigenvalue weighted by atomic mass is 9.95. The van der Waals surface area contributed by atoms with Gasteiger partial charge in [-0.25, -0.2) is 0 Å². The monoisotopic (exact) mass is 228 g/mol. The summed E-state index contributed by atoms with van der Waals surface area (Å²) in [6.07, 6.45) is 2.44. The van der Waals surface area contributed by atoms with Gasteiger partial charge in [0.15, 0.2) is 0 Å². The van der Waals surface area contributed by atoms with Crippen molar-refractivity contribution in [2.24, 2.45) is 5.92 Å². The molecule has 16 heavy (non-hydrogen) atoms. The minimum absolute atomic E-state index is 0.165. The summed E-state index contributed by atoms with van der Waals surface area (Å²) in [5.41, 5.74) is 0. The molecule has 1 amide bonds. The summed E-state index contributed by atoms with van der Waals surface area (Å²) in [4.78, 5) is 11.6. The Kier molecular flexibility index (Phi) is 6.42. The second kappa shape index (κ2) is 7.63. The fourth-order valence-electron chi connectivity index (χ4n) is 1.99. The van der Waals surface area contributed by atoms with Gasteiger partial charge >= 0.3 is 0 Å². The lowest BCUT2D eigenvalue weighted by molar-refractivity contribution is -0.122. The molecule has 1 saturated heterocycles. The van der Waals surface area contributed by atoms with E-state index in [0.29, 0.717) is 25.0 Å². The predicted octanol–water partition coefficient (Wildman–Crippen LogP) is 0.917. The standard InChI is InChI=1S/C12H24N2O2/c1-3-16-8-4-5-12(15)14-11-6-7-13-9-10(11)2/h10-11,13H,3-9H2,1-2H3,(H,14,15). The zero-order valence-electron chi connectivity index (χ0n) is 10.4. The lowest BCUT2D eigenvalue weighted by Crippen LogP contribution is -2.48. The fourth-order valence-corrected chi connectivity index (χ4v) is 1.99. The molecule has 0 aromatic rings. The van der Waals surface area contributed by atoms with Crippen LogP contribution >= 0.6 is 0 Å². The molecule has 0 radical (unpaired) electrons. The Morgan fingerprint density at radius 3 is 3.06 bits per heavy atom. The minimum Gasteiger partial charge on any atom is -0.382 e. The molecular formula is C12H24N2O2.